The van der Waals surface area contributed by atoms with Crippen LogP contribution in [-0.4, -0.2) is 10.9 Å². The summed E-state index contributed by atoms with van der Waals surface area (Å²) in [6, 6.07) is 0.910. The van der Waals surface area contributed by atoms with E-state index in [-0.39, 0.29) is 15.9 Å². The number of anilines is 1. The number of primary amides is 1. The van der Waals surface area contributed by atoms with Crippen LogP contribution in [0.2, 0.25) is 0 Å². The lowest BCUT2D eigenvalue weighted by Crippen LogP contribution is -2.14. The monoisotopic (exact) mass is 265 g/mol. The molecule has 0 bridgehead atoms. The molecular formula is C7H6BrF2N3O. The molecule has 0 aromatic carbocycles. The Morgan fingerprint density at radius 1 is 1.57 bits per heavy atom. The van der Waals surface area contributed by atoms with E-state index in [1.54, 1.807) is 0 Å². The summed E-state index contributed by atoms with van der Waals surface area (Å²) in [5, 5.41) is 0. The minimum absolute atomic E-state index is 0.104. The number of carbonyl (C=O) groups excluding carboxylic acids is 1. The van der Waals surface area contributed by atoms with Crippen molar-refractivity contribution in [1.82, 2.24) is 4.98 Å². The number of nitrogen functional groups attached to an aromatic ring is 1. The van der Waals surface area contributed by atoms with Gasteiger partial charge in [0, 0.05) is 0 Å². The fourth-order valence-corrected chi connectivity index (χ4v) is 1.26. The highest BCUT2D eigenvalue weighted by molar-refractivity contribution is 9.10. The standard InChI is InChI=1S/C7H6BrF2N3O/c8-4-2(7(12)14)1-3(5(9)10)13-6(4)11/h1,5H,(H2,11,13)(H2,12,14). The van der Waals surface area contributed by atoms with Gasteiger partial charge in [-0.2, -0.15) is 0 Å². The smallest absolute Gasteiger partial charge is 0.280 e. The van der Waals surface area contributed by atoms with Gasteiger partial charge in [-0.3, -0.25) is 4.79 Å². The minimum atomic E-state index is -2.79. The fraction of sp³-hybridized carbons (Fsp3) is 0.143. The summed E-state index contributed by atoms with van der Waals surface area (Å²) in [4.78, 5) is 14.2. The van der Waals surface area contributed by atoms with Crippen LogP contribution in [0.1, 0.15) is 22.5 Å². The summed E-state index contributed by atoms with van der Waals surface area (Å²) in [6.07, 6.45) is -2.79. The maximum absolute atomic E-state index is 12.2. The van der Waals surface area contributed by atoms with Gasteiger partial charge in [0.05, 0.1) is 10.0 Å². The normalized spacial score (nSPS) is 10.6. The van der Waals surface area contributed by atoms with E-state index >= 15 is 0 Å². The maximum atomic E-state index is 12.2. The largest absolute Gasteiger partial charge is 0.383 e. The van der Waals surface area contributed by atoms with Crippen molar-refractivity contribution >= 4 is 27.7 Å². The van der Waals surface area contributed by atoms with Gasteiger partial charge >= 0.3 is 0 Å². The van der Waals surface area contributed by atoms with E-state index in [0.717, 1.165) is 6.07 Å². The predicted octanol–water partition coefficient (Wildman–Crippen LogP) is 1.46. The van der Waals surface area contributed by atoms with E-state index in [2.05, 4.69) is 20.9 Å². The Hall–Kier alpha value is -1.24. The first kappa shape index (κ1) is 10.8. The summed E-state index contributed by atoms with van der Waals surface area (Å²) < 4.78 is 24.6. The van der Waals surface area contributed by atoms with Crippen molar-refractivity contribution in [2.75, 3.05) is 5.73 Å². The van der Waals surface area contributed by atoms with Gasteiger partial charge in [-0.15, -0.1) is 0 Å². The Morgan fingerprint density at radius 3 is 2.57 bits per heavy atom. The zero-order chi connectivity index (χ0) is 10.9. The van der Waals surface area contributed by atoms with E-state index in [9.17, 15) is 13.6 Å². The molecule has 0 spiro atoms. The number of alkyl halides is 2. The molecule has 0 aliphatic rings. The lowest BCUT2D eigenvalue weighted by atomic mass is 10.2. The molecule has 0 aliphatic carbocycles. The second-order valence-electron chi connectivity index (χ2n) is 2.46. The van der Waals surface area contributed by atoms with Crippen molar-refractivity contribution in [3.05, 3.63) is 21.8 Å². The van der Waals surface area contributed by atoms with E-state index in [1.807, 2.05) is 0 Å². The second-order valence-corrected chi connectivity index (χ2v) is 3.25. The van der Waals surface area contributed by atoms with Gasteiger partial charge < -0.3 is 11.5 Å². The number of pyridine rings is 1. The van der Waals surface area contributed by atoms with Gasteiger partial charge in [0.1, 0.15) is 11.5 Å². The third-order valence-electron chi connectivity index (χ3n) is 1.49. The van der Waals surface area contributed by atoms with Crippen molar-refractivity contribution in [3.8, 4) is 0 Å². The van der Waals surface area contributed by atoms with Gasteiger partial charge in [0.15, 0.2) is 0 Å². The third-order valence-corrected chi connectivity index (χ3v) is 2.33. The molecule has 1 amide bonds. The molecule has 0 atom stereocenters. The molecule has 1 rings (SSSR count). The molecule has 76 valence electrons. The van der Waals surface area contributed by atoms with Crippen molar-refractivity contribution < 1.29 is 13.6 Å². The number of amides is 1. The predicted molar refractivity (Wildman–Crippen MR) is 49.8 cm³/mol. The highest BCUT2D eigenvalue weighted by Crippen LogP contribution is 2.27. The second kappa shape index (κ2) is 3.87. The number of nitrogens with two attached hydrogens (primary N) is 2. The molecule has 14 heavy (non-hydrogen) atoms. The van der Waals surface area contributed by atoms with Gasteiger partial charge in [-0.1, -0.05) is 0 Å². The Kier molecular flexibility index (Phi) is 3.00. The minimum Gasteiger partial charge on any atom is -0.383 e. The molecule has 0 saturated heterocycles. The average molecular weight is 266 g/mol. The lowest BCUT2D eigenvalue weighted by molar-refractivity contribution is 0.0998. The van der Waals surface area contributed by atoms with Crippen LogP contribution in [0.15, 0.2) is 10.5 Å². The Labute approximate surface area is 86.4 Å². The molecule has 0 radical (unpaired) electrons. The molecule has 1 aromatic rings. The van der Waals surface area contributed by atoms with Gasteiger partial charge in [0.25, 0.3) is 6.43 Å². The van der Waals surface area contributed by atoms with Crippen molar-refractivity contribution in [2.45, 2.75) is 6.43 Å². The average Bonchev–Trinajstić information content (AvgIpc) is 2.08. The zero-order valence-electron chi connectivity index (χ0n) is 6.80. The summed E-state index contributed by atoms with van der Waals surface area (Å²) in [7, 11) is 0. The summed E-state index contributed by atoms with van der Waals surface area (Å²) in [6.45, 7) is 0. The number of halogens is 3. The Bertz CT molecular complexity index is 383. The number of hydrogen-bond acceptors (Lipinski definition) is 3. The molecule has 4 nitrogen and oxygen atoms in total. The van der Waals surface area contributed by atoms with E-state index in [4.69, 9.17) is 11.5 Å². The lowest BCUT2D eigenvalue weighted by Gasteiger charge is -2.06. The first-order valence-corrected chi connectivity index (χ1v) is 4.26. The van der Waals surface area contributed by atoms with Crippen LogP contribution in [0.5, 0.6) is 0 Å². The molecule has 7 heteroatoms. The topological polar surface area (TPSA) is 82.0 Å². The van der Waals surface area contributed by atoms with Crippen LogP contribution in [0.3, 0.4) is 0 Å². The van der Waals surface area contributed by atoms with Crippen LogP contribution in [0, 0.1) is 0 Å². The first-order valence-electron chi connectivity index (χ1n) is 3.47. The third kappa shape index (κ3) is 1.98. The fourth-order valence-electron chi connectivity index (χ4n) is 0.861. The SMILES string of the molecule is NC(=O)c1cc(C(F)F)nc(N)c1Br. The Balaban J connectivity index is 3.35. The Morgan fingerprint density at radius 2 is 2.14 bits per heavy atom. The summed E-state index contributed by atoms with van der Waals surface area (Å²) >= 11 is 2.93. The quantitative estimate of drug-likeness (QED) is 0.850. The van der Waals surface area contributed by atoms with Crippen LogP contribution < -0.4 is 11.5 Å². The molecular weight excluding hydrogens is 260 g/mol. The molecule has 1 aromatic heterocycles. The van der Waals surface area contributed by atoms with E-state index < -0.39 is 18.0 Å². The van der Waals surface area contributed by atoms with Crippen LogP contribution in [0.4, 0.5) is 14.6 Å². The molecule has 0 unspecified atom stereocenters. The number of rotatable bonds is 2. The van der Waals surface area contributed by atoms with Crippen molar-refractivity contribution in [3.63, 3.8) is 0 Å². The molecule has 4 N–H and O–H groups in total. The molecule has 1 heterocycles. The number of hydrogen-bond donors (Lipinski definition) is 2. The highest BCUT2D eigenvalue weighted by atomic mass is 79.9. The molecule has 0 aliphatic heterocycles. The van der Waals surface area contributed by atoms with Crippen LogP contribution >= 0.6 is 15.9 Å². The summed E-state index contributed by atoms with van der Waals surface area (Å²) in [5.74, 6) is -1.02. The zero-order valence-corrected chi connectivity index (χ0v) is 8.38. The van der Waals surface area contributed by atoms with E-state index in [0.29, 0.717) is 0 Å². The van der Waals surface area contributed by atoms with Gasteiger partial charge in [-0.05, 0) is 22.0 Å². The van der Waals surface area contributed by atoms with Gasteiger partial charge in [-0.25, -0.2) is 13.8 Å². The van der Waals surface area contributed by atoms with Crippen LogP contribution in [-0.2, 0) is 0 Å². The number of carbonyl (C=O) groups is 1. The number of aromatic nitrogens is 1. The van der Waals surface area contributed by atoms with Gasteiger partial charge in [0.2, 0.25) is 5.91 Å². The van der Waals surface area contributed by atoms with Crippen molar-refractivity contribution in [2.24, 2.45) is 5.73 Å². The van der Waals surface area contributed by atoms with Crippen molar-refractivity contribution in [1.29, 1.82) is 0 Å². The first-order chi connectivity index (χ1) is 6.43. The maximum Gasteiger partial charge on any atom is 0.280 e. The molecule has 0 fully saturated rings. The molecule has 0 saturated carbocycles. The van der Waals surface area contributed by atoms with E-state index in [1.165, 1.54) is 0 Å². The summed E-state index contributed by atoms with van der Waals surface area (Å²) in [5.41, 5.74) is 9.58. The highest BCUT2D eigenvalue weighted by Gasteiger charge is 2.17. The number of nitrogens with zero attached hydrogens (tertiary/aromatic N) is 1. The van der Waals surface area contributed by atoms with Crippen LogP contribution in [0.25, 0.3) is 0 Å².